The second-order valence-electron chi connectivity index (χ2n) is 5.88. The van der Waals surface area contributed by atoms with Gasteiger partial charge in [-0.25, -0.2) is 0 Å². The van der Waals surface area contributed by atoms with Crippen molar-refractivity contribution in [1.29, 1.82) is 0 Å². The third-order valence-electron chi connectivity index (χ3n) is 4.19. The number of hydrogen-bond donors (Lipinski definition) is 1. The molecule has 0 saturated carbocycles. The number of nitrogens with one attached hydrogen (secondary N) is 1. The molecule has 2 unspecified atom stereocenters. The number of benzene rings is 1. The summed E-state index contributed by atoms with van der Waals surface area (Å²) in [6, 6.07) is 15.8. The molecule has 3 rings (SSSR count). The van der Waals surface area contributed by atoms with Crippen LogP contribution in [0.3, 0.4) is 0 Å². The molecule has 3 heteroatoms. The van der Waals surface area contributed by atoms with E-state index >= 15 is 0 Å². The molecule has 21 heavy (non-hydrogen) atoms. The van der Waals surface area contributed by atoms with Crippen LogP contribution in [-0.4, -0.2) is 29.0 Å². The van der Waals surface area contributed by atoms with Crippen LogP contribution in [0.25, 0.3) is 0 Å². The number of rotatable bonds is 5. The zero-order valence-electron chi connectivity index (χ0n) is 12.6. The number of likely N-dealkylation sites (tertiary alicyclic amines) is 1. The summed E-state index contributed by atoms with van der Waals surface area (Å²) in [6.07, 6.45) is 5.00. The van der Waals surface area contributed by atoms with E-state index in [-0.39, 0.29) is 0 Å². The normalized spacial score (nSPS) is 20.5. The fourth-order valence-electron chi connectivity index (χ4n) is 3.04. The van der Waals surface area contributed by atoms with E-state index in [1.807, 2.05) is 18.5 Å². The van der Waals surface area contributed by atoms with Crippen molar-refractivity contribution in [3.05, 3.63) is 66.0 Å². The van der Waals surface area contributed by atoms with Crippen molar-refractivity contribution in [3.8, 4) is 0 Å². The maximum absolute atomic E-state index is 4.20. The average Bonchev–Trinajstić information content (AvgIpc) is 2.96. The van der Waals surface area contributed by atoms with Crippen molar-refractivity contribution < 1.29 is 0 Å². The lowest BCUT2D eigenvalue weighted by Gasteiger charge is -2.20. The van der Waals surface area contributed by atoms with Gasteiger partial charge in [-0.1, -0.05) is 36.4 Å². The molecule has 2 atom stereocenters. The van der Waals surface area contributed by atoms with Gasteiger partial charge in [0.2, 0.25) is 0 Å². The summed E-state index contributed by atoms with van der Waals surface area (Å²) in [5, 5.41) is 3.73. The second kappa shape index (κ2) is 6.83. The van der Waals surface area contributed by atoms with Crippen molar-refractivity contribution in [2.45, 2.75) is 32.0 Å². The lowest BCUT2D eigenvalue weighted by molar-refractivity contribution is 0.316. The predicted octanol–water partition coefficient (Wildman–Crippen LogP) is 3.01. The van der Waals surface area contributed by atoms with Gasteiger partial charge in [0.05, 0.1) is 0 Å². The Hall–Kier alpha value is -1.71. The van der Waals surface area contributed by atoms with Crippen LogP contribution < -0.4 is 5.32 Å². The Morgan fingerprint density at radius 3 is 2.86 bits per heavy atom. The first-order chi connectivity index (χ1) is 10.3. The number of aromatic nitrogens is 1. The molecular weight excluding hydrogens is 258 g/mol. The first-order valence-electron chi connectivity index (χ1n) is 7.73. The summed E-state index contributed by atoms with van der Waals surface area (Å²) in [7, 11) is 0. The molecule has 1 aliphatic heterocycles. The van der Waals surface area contributed by atoms with Crippen LogP contribution in [-0.2, 0) is 6.54 Å². The molecule has 1 aromatic carbocycles. The molecule has 3 nitrogen and oxygen atoms in total. The number of nitrogens with zero attached hydrogens (tertiary/aromatic N) is 2. The first-order valence-corrected chi connectivity index (χ1v) is 7.73. The lowest BCUT2D eigenvalue weighted by atomic mass is 10.1. The number of pyridine rings is 1. The van der Waals surface area contributed by atoms with Crippen LogP contribution >= 0.6 is 0 Å². The highest BCUT2D eigenvalue weighted by Crippen LogP contribution is 2.17. The van der Waals surface area contributed by atoms with Gasteiger partial charge in [0.25, 0.3) is 0 Å². The minimum atomic E-state index is 0.361. The van der Waals surface area contributed by atoms with Crippen molar-refractivity contribution in [2.24, 2.45) is 0 Å². The molecule has 1 fully saturated rings. The summed E-state index contributed by atoms with van der Waals surface area (Å²) in [4.78, 5) is 6.73. The molecule has 1 aromatic heterocycles. The standard InChI is InChI=1S/C18H23N3/c1-15(17-8-5-10-19-12-17)20-18-9-11-21(14-18)13-16-6-3-2-4-7-16/h2-8,10,12,15,18,20H,9,11,13-14H2,1H3. The van der Waals surface area contributed by atoms with E-state index in [0.29, 0.717) is 12.1 Å². The molecule has 0 amide bonds. The zero-order chi connectivity index (χ0) is 14.5. The highest BCUT2D eigenvalue weighted by Gasteiger charge is 2.23. The van der Waals surface area contributed by atoms with E-state index in [1.54, 1.807) is 0 Å². The predicted molar refractivity (Wildman–Crippen MR) is 85.9 cm³/mol. The van der Waals surface area contributed by atoms with Gasteiger partial charge < -0.3 is 5.32 Å². The van der Waals surface area contributed by atoms with E-state index in [1.165, 1.54) is 24.1 Å². The average molecular weight is 281 g/mol. The van der Waals surface area contributed by atoms with Crippen LogP contribution in [0.4, 0.5) is 0 Å². The minimum absolute atomic E-state index is 0.361. The second-order valence-corrected chi connectivity index (χ2v) is 5.88. The fraction of sp³-hybridized carbons (Fsp3) is 0.389. The van der Waals surface area contributed by atoms with Crippen LogP contribution in [0.2, 0.25) is 0 Å². The third-order valence-corrected chi connectivity index (χ3v) is 4.19. The van der Waals surface area contributed by atoms with Gasteiger partial charge in [0, 0.05) is 44.1 Å². The molecule has 0 aliphatic carbocycles. The van der Waals surface area contributed by atoms with Crippen molar-refractivity contribution >= 4 is 0 Å². The number of hydrogen-bond acceptors (Lipinski definition) is 3. The fourth-order valence-corrected chi connectivity index (χ4v) is 3.04. The summed E-state index contributed by atoms with van der Waals surface area (Å²) in [5.41, 5.74) is 2.66. The molecule has 110 valence electrons. The molecule has 0 spiro atoms. The molecule has 1 aliphatic rings. The Kier molecular flexibility index (Phi) is 4.63. The van der Waals surface area contributed by atoms with E-state index < -0.39 is 0 Å². The van der Waals surface area contributed by atoms with Gasteiger partial charge in [-0.3, -0.25) is 9.88 Å². The Labute approximate surface area is 127 Å². The van der Waals surface area contributed by atoms with Gasteiger partial charge in [-0.2, -0.15) is 0 Å². The van der Waals surface area contributed by atoms with Crippen LogP contribution in [0, 0.1) is 0 Å². The molecule has 0 radical (unpaired) electrons. The van der Waals surface area contributed by atoms with Crippen molar-refractivity contribution in [1.82, 2.24) is 15.2 Å². The monoisotopic (exact) mass is 281 g/mol. The molecule has 1 N–H and O–H groups in total. The Bertz CT molecular complexity index is 541. The summed E-state index contributed by atoms with van der Waals surface area (Å²) < 4.78 is 0. The largest absolute Gasteiger partial charge is 0.306 e. The van der Waals surface area contributed by atoms with Gasteiger partial charge in [-0.15, -0.1) is 0 Å². The lowest BCUT2D eigenvalue weighted by Crippen LogP contribution is -2.34. The molecule has 2 aromatic rings. The minimum Gasteiger partial charge on any atom is -0.306 e. The van der Waals surface area contributed by atoms with Crippen LogP contribution in [0.15, 0.2) is 54.9 Å². The van der Waals surface area contributed by atoms with Gasteiger partial charge in [-0.05, 0) is 30.5 Å². The maximum Gasteiger partial charge on any atom is 0.0315 e. The molecule has 1 saturated heterocycles. The van der Waals surface area contributed by atoms with E-state index in [9.17, 15) is 0 Å². The van der Waals surface area contributed by atoms with Gasteiger partial charge in [0.1, 0.15) is 0 Å². The van der Waals surface area contributed by atoms with Crippen molar-refractivity contribution in [2.75, 3.05) is 13.1 Å². The summed E-state index contributed by atoms with van der Waals surface area (Å²) >= 11 is 0. The summed E-state index contributed by atoms with van der Waals surface area (Å²) in [6.45, 7) is 5.57. The highest BCUT2D eigenvalue weighted by molar-refractivity contribution is 5.15. The molecule has 2 heterocycles. The topological polar surface area (TPSA) is 28.2 Å². The maximum atomic E-state index is 4.20. The Balaban J connectivity index is 1.51. The van der Waals surface area contributed by atoms with Crippen molar-refractivity contribution in [3.63, 3.8) is 0 Å². The molecular formula is C18H23N3. The van der Waals surface area contributed by atoms with Crippen LogP contribution in [0.1, 0.15) is 30.5 Å². The highest BCUT2D eigenvalue weighted by atomic mass is 15.2. The Morgan fingerprint density at radius 1 is 1.24 bits per heavy atom. The smallest absolute Gasteiger partial charge is 0.0315 e. The first kappa shape index (κ1) is 14.2. The van der Waals surface area contributed by atoms with Crippen LogP contribution in [0.5, 0.6) is 0 Å². The third kappa shape index (κ3) is 3.90. The summed E-state index contributed by atoms with van der Waals surface area (Å²) in [5.74, 6) is 0. The van der Waals surface area contributed by atoms with E-state index in [2.05, 4.69) is 58.5 Å². The van der Waals surface area contributed by atoms with Gasteiger partial charge in [0.15, 0.2) is 0 Å². The quantitative estimate of drug-likeness (QED) is 0.913. The molecule has 0 bridgehead atoms. The SMILES string of the molecule is CC(NC1CCN(Cc2ccccc2)C1)c1cccnc1. The van der Waals surface area contributed by atoms with Gasteiger partial charge >= 0.3 is 0 Å². The van der Waals surface area contributed by atoms with E-state index in [4.69, 9.17) is 0 Å². The Morgan fingerprint density at radius 2 is 2.10 bits per heavy atom. The zero-order valence-corrected chi connectivity index (χ0v) is 12.6. The van der Waals surface area contributed by atoms with E-state index in [0.717, 1.165) is 13.1 Å².